The van der Waals surface area contributed by atoms with Gasteiger partial charge in [0.15, 0.2) is 0 Å². The molecule has 0 spiro atoms. The van der Waals surface area contributed by atoms with Crippen LogP contribution in [0.4, 0.5) is 0 Å². The number of pyridine rings is 1. The summed E-state index contributed by atoms with van der Waals surface area (Å²) in [5.74, 6) is 0. The Morgan fingerprint density at radius 1 is 1.22 bits per heavy atom. The largest absolute Gasteiger partial charge is 0.389 e. The van der Waals surface area contributed by atoms with Crippen LogP contribution in [0.3, 0.4) is 0 Å². The standard InChI is InChI=1S/C15H24N2O/c18-15(8-3-1-2-4-9-15)13-17-11-7-14-6-5-10-16-12-14/h5-6,10,12,17-18H,1-4,7-9,11,13H2. The third-order valence-corrected chi connectivity index (χ3v) is 3.80. The van der Waals surface area contributed by atoms with E-state index in [0.29, 0.717) is 0 Å². The molecule has 18 heavy (non-hydrogen) atoms. The summed E-state index contributed by atoms with van der Waals surface area (Å²) in [5, 5.41) is 13.9. The summed E-state index contributed by atoms with van der Waals surface area (Å²) in [4.78, 5) is 4.10. The van der Waals surface area contributed by atoms with E-state index in [4.69, 9.17) is 0 Å². The lowest BCUT2D eigenvalue weighted by Crippen LogP contribution is -2.40. The highest BCUT2D eigenvalue weighted by Crippen LogP contribution is 2.26. The second kappa shape index (κ2) is 6.86. The van der Waals surface area contributed by atoms with Crippen molar-refractivity contribution in [2.75, 3.05) is 13.1 Å². The van der Waals surface area contributed by atoms with Gasteiger partial charge in [-0.3, -0.25) is 4.98 Å². The van der Waals surface area contributed by atoms with Gasteiger partial charge in [0.2, 0.25) is 0 Å². The van der Waals surface area contributed by atoms with Crippen molar-refractivity contribution in [1.29, 1.82) is 0 Å². The van der Waals surface area contributed by atoms with Crippen molar-refractivity contribution in [3.05, 3.63) is 30.1 Å². The van der Waals surface area contributed by atoms with Crippen LogP contribution in [0.5, 0.6) is 0 Å². The lowest BCUT2D eigenvalue weighted by atomic mass is 9.94. The van der Waals surface area contributed by atoms with E-state index in [9.17, 15) is 5.11 Å². The minimum atomic E-state index is -0.467. The Labute approximate surface area is 110 Å². The van der Waals surface area contributed by atoms with E-state index in [1.54, 1.807) is 6.20 Å². The molecule has 1 fully saturated rings. The van der Waals surface area contributed by atoms with E-state index in [2.05, 4.69) is 16.4 Å². The van der Waals surface area contributed by atoms with Crippen molar-refractivity contribution in [2.45, 2.75) is 50.5 Å². The summed E-state index contributed by atoms with van der Waals surface area (Å²) in [6.07, 6.45) is 11.5. The van der Waals surface area contributed by atoms with Crippen LogP contribution in [-0.2, 0) is 6.42 Å². The van der Waals surface area contributed by atoms with Crippen LogP contribution in [0.2, 0.25) is 0 Å². The molecule has 0 saturated heterocycles. The first-order chi connectivity index (χ1) is 8.79. The van der Waals surface area contributed by atoms with Gasteiger partial charge in [-0.15, -0.1) is 0 Å². The van der Waals surface area contributed by atoms with E-state index < -0.39 is 5.60 Å². The minimum absolute atomic E-state index is 0.467. The first-order valence-corrected chi connectivity index (χ1v) is 7.11. The van der Waals surface area contributed by atoms with E-state index in [0.717, 1.165) is 32.4 Å². The lowest BCUT2D eigenvalue weighted by Gasteiger charge is -2.27. The molecule has 0 unspecified atom stereocenters. The van der Waals surface area contributed by atoms with Crippen molar-refractivity contribution in [3.8, 4) is 0 Å². The monoisotopic (exact) mass is 248 g/mol. The van der Waals surface area contributed by atoms with Gasteiger partial charge in [0.25, 0.3) is 0 Å². The normalized spacial score (nSPS) is 19.4. The molecule has 0 aromatic carbocycles. The number of nitrogens with zero attached hydrogens (tertiary/aromatic N) is 1. The van der Waals surface area contributed by atoms with Crippen molar-refractivity contribution in [3.63, 3.8) is 0 Å². The zero-order chi connectivity index (χ0) is 12.7. The molecule has 2 rings (SSSR count). The molecule has 3 nitrogen and oxygen atoms in total. The van der Waals surface area contributed by atoms with Crippen LogP contribution in [0.15, 0.2) is 24.5 Å². The Morgan fingerprint density at radius 3 is 2.67 bits per heavy atom. The number of nitrogens with one attached hydrogen (secondary N) is 1. The molecule has 0 aliphatic heterocycles. The van der Waals surface area contributed by atoms with Crippen molar-refractivity contribution >= 4 is 0 Å². The van der Waals surface area contributed by atoms with Gasteiger partial charge < -0.3 is 10.4 Å². The number of hydrogen-bond acceptors (Lipinski definition) is 3. The molecule has 1 saturated carbocycles. The summed E-state index contributed by atoms with van der Waals surface area (Å²) in [6.45, 7) is 1.64. The van der Waals surface area contributed by atoms with Crippen molar-refractivity contribution in [2.24, 2.45) is 0 Å². The van der Waals surface area contributed by atoms with Gasteiger partial charge >= 0.3 is 0 Å². The zero-order valence-corrected chi connectivity index (χ0v) is 11.1. The molecule has 100 valence electrons. The Morgan fingerprint density at radius 2 is 2.00 bits per heavy atom. The summed E-state index contributed by atoms with van der Waals surface area (Å²) >= 11 is 0. The average Bonchev–Trinajstić information content (AvgIpc) is 2.61. The van der Waals surface area contributed by atoms with Crippen LogP contribution in [0, 0.1) is 0 Å². The van der Waals surface area contributed by atoms with Crippen molar-refractivity contribution in [1.82, 2.24) is 10.3 Å². The molecule has 0 amide bonds. The first-order valence-electron chi connectivity index (χ1n) is 7.11. The molecule has 1 aliphatic carbocycles. The van der Waals surface area contributed by atoms with Crippen LogP contribution in [0.1, 0.15) is 44.1 Å². The van der Waals surface area contributed by atoms with E-state index in [1.807, 2.05) is 12.3 Å². The molecule has 3 heteroatoms. The Balaban J connectivity index is 1.68. The van der Waals surface area contributed by atoms with E-state index >= 15 is 0 Å². The molecule has 1 aromatic heterocycles. The number of aromatic nitrogens is 1. The Bertz CT molecular complexity index is 332. The van der Waals surface area contributed by atoms with Crippen LogP contribution >= 0.6 is 0 Å². The van der Waals surface area contributed by atoms with Crippen LogP contribution in [-0.4, -0.2) is 28.8 Å². The van der Waals surface area contributed by atoms with Gasteiger partial charge in [0.1, 0.15) is 0 Å². The molecule has 0 atom stereocenters. The highest BCUT2D eigenvalue weighted by Gasteiger charge is 2.27. The topological polar surface area (TPSA) is 45.1 Å². The highest BCUT2D eigenvalue weighted by atomic mass is 16.3. The Kier molecular flexibility index (Phi) is 5.14. The highest BCUT2D eigenvalue weighted by molar-refractivity contribution is 5.08. The predicted molar refractivity (Wildman–Crippen MR) is 73.5 cm³/mol. The fourth-order valence-corrected chi connectivity index (χ4v) is 2.66. The van der Waals surface area contributed by atoms with Gasteiger partial charge in [-0.05, 0) is 37.4 Å². The number of hydrogen-bond donors (Lipinski definition) is 2. The maximum Gasteiger partial charge on any atom is 0.0771 e. The smallest absolute Gasteiger partial charge is 0.0771 e. The van der Waals surface area contributed by atoms with E-state index in [1.165, 1.54) is 31.2 Å². The zero-order valence-electron chi connectivity index (χ0n) is 11.1. The third kappa shape index (κ3) is 4.39. The molecule has 0 bridgehead atoms. The first kappa shape index (κ1) is 13.5. The van der Waals surface area contributed by atoms with Gasteiger partial charge in [-0.1, -0.05) is 31.7 Å². The fourth-order valence-electron chi connectivity index (χ4n) is 2.66. The fraction of sp³-hybridized carbons (Fsp3) is 0.667. The number of rotatable bonds is 5. The molecule has 1 aromatic rings. The van der Waals surface area contributed by atoms with Crippen LogP contribution in [0.25, 0.3) is 0 Å². The molecule has 1 aliphatic rings. The third-order valence-electron chi connectivity index (χ3n) is 3.80. The molecule has 0 radical (unpaired) electrons. The molecular weight excluding hydrogens is 224 g/mol. The summed E-state index contributed by atoms with van der Waals surface area (Å²) in [5.41, 5.74) is 0.781. The van der Waals surface area contributed by atoms with Crippen molar-refractivity contribution < 1.29 is 5.11 Å². The SMILES string of the molecule is OC1(CNCCc2cccnc2)CCCCCC1. The quantitative estimate of drug-likeness (QED) is 0.621. The van der Waals surface area contributed by atoms with Gasteiger partial charge in [0.05, 0.1) is 5.60 Å². The van der Waals surface area contributed by atoms with E-state index in [-0.39, 0.29) is 0 Å². The second-order valence-corrected chi connectivity index (χ2v) is 5.43. The minimum Gasteiger partial charge on any atom is -0.389 e. The van der Waals surface area contributed by atoms with Gasteiger partial charge in [-0.25, -0.2) is 0 Å². The average molecular weight is 248 g/mol. The molecule has 2 N–H and O–H groups in total. The molecule has 1 heterocycles. The second-order valence-electron chi connectivity index (χ2n) is 5.43. The number of aliphatic hydroxyl groups is 1. The van der Waals surface area contributed by atoms with Gasteiger partial charge in [-0.2, -0.15) is 0 Å². The maximum absolute atomic E-state index is 10.5. The van der Waals surface area contributed by atoms with Gasteiger partial charge in [0, 0.05) is 18.9 Å². The maximum atomic E-state index is 10.5. The summed E-state index contributed by atoms with van der Waals surface area (Å²) < 4.78 is 0. The summed E-state index contributed by atoms with van der Waals surface area (Å²) in [7, 11) is 0. The Hall–Kier alpha value is -0.930. The van der Waals surface area contributed by atoms with Crippen LogP contribution < -0.4 is 5.32 Å². The predicted octanol–water partition coefficient (Wildman–Crippen LogP) is 2.30. The molecular formula is C15H24N2O. The summed E-state index contributed by atoms with van der Waals surface area (Å²) in [6, 6.07) is 4.06. The lowest BCUT2D eigenvalue weighted by molar-refractivity contribution is 0.0256.